The quantitative estimate of drug-likeness (QED) is 0.840. The van der Waals surface area contributed by atoms with Crippen molar-refractivity contribution in [2.45, 2.75) is 31.6 Å². The number of carbonyl (C=O) groups is 1. The Labute approximate surface area is 170 Å². The van der Waals surface area contributed by atoms with Crippen LogP contribution in [0.5, 0.6) is 11.5 Å². The molecule has 1 aromatic heterocycles. The fourth-order valence-corrected chi connectivity index (χ4v) is 4.10. The molecule has 1 N–H and O–H groups in total. The van der Waals surface area contributed by atoms with Gasteiger partial charge in [-0.05, 0) is 49.8 Å². The fraction of sp³-hybridized carbons (Fsp3) is 0.500. The second-order valence-corrected chi connectivity index (χ2v) is 8.10. The van der Waals surface area contributed by atoms with Crippen LogP contribution >= 0.6 is 0 Å². The third-order valence-corrected chi connectivity index (χ3v) is 5.87. The van der Waals surface area contributed by atoms with Crippen LogP contribution in [0.15, 0.2) is 30.6 Å². The normalized spacial score (nSPS) is 21.0. The van der Waals surface area contributed by atoms with E-state index in [0.29, 0.717) is 48.7 Å². The van der Waals surface area contributed by atoms with Gasteiger partial charge in [-0.1, -0.05) is 0 Å². The van der Waals surface area contributed by atoms with Crippen molar-refractivity contribution in [3.05, 3.63) is 41.9 Å². The van der Waals surface area contributed by atoms with E-state index in [0.717, 1.165) is 31.7 Å². The summed E-state index contributed by atoms with van der Waals surface area (Å²) in [6.07, 6.45) is 6.39. The minimum atomic E-state index is -0.0721. The molecular formula is C22H26N4O3. The van der Waals surface area contributed by atoms with E-state index in [-0.39, 0.29) is 5.91 Å². The van der Waals surface area contributed by atoms with Gasteiger partial charge in [0.25, 0.3) is 5.91 Å². The van der Waals surface area contributed by atoms with Gasteiger partial charge in [0.15, 0.2) is 11.5 Å². The SMILES string of the molecule is O=C(NCC1CCCN(c2cc(C3CC3)ncn2)C1)c1ccc2c(c1)OCCO2. The van der Waals surface area contributed by atoms with Crippen molar-refractivity contribution in [3.63, 3.8) is 0 Å². The van der Waals surface area contributed by atoms with Crippen molar-refractivity contribution in [1.29, 1.82) is 0 Å². The summed E-state index contributed by atoms with van der Waals surface area (Å²) in [4.78, 5) is 23.9. The first-order valence-corrected chi connectivity index (χ1v) is 10.5. The number of nitrogens with one attached hydrogen (secondary N) is 1. The Morgan fingerprint density at radius 1 is 1.10 bits per heavy atom. The number of hydrogen-bond donors (Lipinski definition) is 1. The van der Waals surface area contributed by atoms with Gasteiger partial charge in [0.2, 0.25) is 0 Å². The molecule has 2 aliphatic heterocycles. The lowest BCUT2D eigenvalue weighted by Gasteiger charge is -2.33. The van der Waals surface area contributed by atoms with E-state index in [1.165, 1.54) is 18.5 Å². The molecule has 5 rings (SSSR count). The van der Waals surface area contributed by atoms with Gasteiger partial charge >= 0.3 is 0 Å². The molecule has 1 unspecified atom stereocenters. The van der Waals surface area contributed by atoms with Crippen molar-refractivity contribution in [1.82, 2.24) is 15.3 Å². The van der Waals surface area contributed by atoms with Crippen LogP contribution in [0, 0.1) is 5.92 Å². The van der Waals surface area contributed by atoms with E-state index in [2.05, 4.69) is 26.3 Å². The van der Waals surface area contributed by atoms with E-state index >= 15 is 0 Å². The molecule has 2 fully saturated rings. The second-order valence-electron chi connectivity index (χ2n) is 8.10. The van der Waals surface area contributed by atoms with Gasteiger partial charge in [-0.3, -0.25) is 4.79 Å². The van der Waals surface area contributed by atoms with Gasteiger partial charge < -0.3 is 19.7 Å². The topological polar surface area (TPSA) is 76.6 Å². The first-order valence-electron chi connectivity index (χ1n) is 10.5. The molecule has 1 aromatic carbocycles. The lowest BCUT2D eigenvalue weighted by molar-refractivity contribution is 0.0944. The molecule has 3 aliphatic rings. The molecule has 2 aromatic rings. The largest absolute Gasteiger partial charge is 0.486 e. The summed E-state index contributed by atoms with van der Waals surface area (Å²) >= 11 is 0. The van der Waals surface area contributed by atoms with E-state index in [4.69, 9.17) is 9.47 Å². The zero-order chi connectivity index (χ0) is 19.6. The number of ether oxygens (including phenoxy) is 2. The molecule has 1 saturated heterocycles. The maximum absolute atomic E-state index is 12.6. The zero-order valence-corrected chi connectivity index (χ0v) is 16.5. The first kappa shape index (κ1) is 18.2. The lowest BCUT2D eigenvalue weighted by atomic mass is 9.97. The molecule has 7 nitrogen and oxygen atoms in total. The Morgan fingerprint density at radius 3 is 2.83 bits per heavy atom. The van der Waals surface area contributed by atoms with Crippen molar-refractivity contribution >= 4 is 11.7 Å². The number of benzene rings is 1. The maximum Gasteiger partial charge on any atom is 0.251 e. The van der Waals surface area contributed by atoms with Gasteiger partial charge in [0.05, 0.1) is 0 Å². The molecule has 3 heterocycles. The maximum atomic E-state index is 12.6. The van der Waals surface area contributed by atoms with E-state index in [1.54, 1.807) is 24.5 Å². The van der Waals surface area contributed by atoms with E-state index < -0.39 is 0 Å². The molecular weight excluding hydrogens is 368 g/mol. The van der Waals surface area contributed by atoms with Crippen molar-refractivity contribution in [2.24, 2.45) is 5.92 Å². The average Bonchev–Trinajstić information content (AvgIpc) is 3.63. The number of carbonyl (C=O) groups excluding carboxylic acids is 1. The average molecular weight is 394 g/mol. The Bertz CT molecular complexity index is 899. The Hall–Kier alpha value is -2.83. The molecule has 0 radical (unpaired) electrons. The number of fused-ring (bicyclic) bond motifs is 1. The van der Waals surface area contributed by atoms with Crippen LogP contribution in [-0.2, 0) is 0 Å². The van der Waals surface area contributed by atoms with E-state index in [1.807, 2.05) is 0 Å². The van der Waals surface area contributed by atoms with Gasteiger partial charge in [-0.25, -0.2) is 9.97 Å². The number of rotatable bonds is 5. The smallest absolute Gasteiger partial charge is 0.251 e. The summed E-state index contributed by atoms with van der Waals surface area (Å²) in [7, 11) is 0. The number of hydrogen-bond acceptors (Lipinski definition) is 6. The Kier molecular flexibility index (Phi) is 4.96. The summed E-state index contributed by atoms with van der Waals surface area (Å²) < 4.78 is 11.1. The van der Waals surface area contributed by atoms with Gasteiger partial charge in [-0.15, -0.1) is 0 Å². The van der Waals surface area contributed by atoms with Gasteiger partial charge in [0, 0.05) is 42.9 Å². The minimum Gasteiger partial charge on any atom is -0.486 e. The molecule has 29 heavy (non-hydrogen) atoms. The van der Waals surface area contributed by atoms with Crippen molar-refractivity contribution in [2.75, 3.05) is 37.7 Å². The first-order chi connectivity index (χ1) is 14.3. The van der Waals surface area contributed by atoms with Crippen LogP contribution in [0.4, 0.5) is 5.82 Å². The van der Waals surface area contributed by atoms with Gasteiger partial charge in [0.1, 0.15) is 25.4 Å². The third kappa shape index (κ3) is 4.13. The van der Waals surface area contributed by atoms with Crippen LogP contribution in [0.25, 0.3) is 0 Å². The summed E-state index contributed by atoms with van der Waals surface area (Å²) in [6.45, 7) is 3.63. The standard InChI is InChI=1S/C22H26N4O3/c27-22(17-5-6-19-20(10-17)29-9-8-28-19)23-12-15-2-1-7-26(13-15)21-11-18(16-3-4-16)24-14-25-21/h5-6,10-11,14-16H,1-4,7-9,12-13H2,(H,23,27). The second kappa shape index (κ2) is 7.89. The summed E-state index contributed by atoms with van der Waals surface area (Å²) in [5.41, 5.74) is 1.77. The highest BCUT2D eigenvalue weighted by molar-refractivity contribution is 5.94. The van der Waals surface area contributed by atoms with Crippen LogP contribution in [0.1, 0.15) is 47.7 Å². The monoisotopic (exact) mass is 394 g/mol. The van der Waals surface area contributed by atoms with Crippen molar-refractivity contribution < 1.29 is 14.3 Å². The summed E-state index contributed by atoms with van der Waals surface area (Å²) in [5, 5.41) is 3.09. The Morgan fingerprint density at radius 2 is 1.97 bits per heavy atom. The molecule has 7 heteroatoms. The fourth-order valence-electron chi connectivity index (χ4n) is 4.10. The number of aromatic nitrogens is 2. The number of nitrogens with zero attached hydrogens (tertiary/aromatic N) is 3. The summed E-state index contributed by atoms with van der Waals surface area (Å²) in [6, 6.07) is 7.50. The molecule has 1 saturated carbocycles. The lowest BCUT2D eigenvalue weighted by Crippen LogP contribution is -2.41. The van der Waals surface area contributed by atoms with Crippen molar-refractivity contribution in [3.8, 4) is 11.5 Å². The molecule has 1 aliphatic carbocycles. The van der Waals surface area contributed by atoms with Crippen LogP contribution in [0.2, 0.25) is 0 Å². The van der Waals surface area contributed by atoms with E-state index in [9.17, 15) is 4.79 Å². The molecule has 1 atom stereocenters. The molecule has 152 valence electrons. The minimum absolute atomic E-state index is 0.0721. The molecule has 0 spiro atoms. The highest BCUT2D eigenvalue weighted by Gasteiger charge is 2.27. The molecule has 1 amide bonds. The number of amides is 1. The predicted octanol–water partition coefficient (Wildman–Crippen LogP) is 2.77. The Balaban J connectivity index is 1.19. The summed E-state index contributed by atoms with van der Waals surface area (Å²) in [5.74, 6) is 3.32. The highest BCUT2D eigenvalue weighted by Crippen LogP contribution is 2.39. The van der Waals surface area contributed by atoms with Crippen LogP contribution < -0.4 is 19.7 Å². The third-order valence-electron chi connectivity index (χ3n) is 5.87. The highest BCUT2D eigenvalue weighted by atomic mass is 16.6. The number of anilines is 1. The van der Waals surface area contributed by atoms with Crippen LogP contribution in [-0.4, -0.2) is 48.7 Å². The number of piperidine rings is 1. The predicted molar refractivity (Wildman–Crippen MR) is 109 cm³/mol. The van der Waals surface area contributed by atoms with Crippen LogP contribution in [0.3, 0.4) is 0 Å². The molecule has 0 bridgehead atoms. The van der Waals surface area contributed by atoms with Gasteiger partial charge in [-0.2, -0.15) is 0 Å². The zero-order valence-electron chi connectivity index (χ0n) is 16.5.